The summed E-state index contributed by atoms with van der Waals surface area (Å²) in [5.41, 5.74) is 0. The predicted molar refractivity (Wildman–Crippen MR) is 83.1 cm³/mol. The van der Waals surface area contributed by atoms with Gasteiger partial charge in [0, 0.05) is 31.2 Å². The highest BCUT2D eigenvalue weighted by Gasteiger charge is 2.16. The van der Waals surface area contributed by atoms with Crippen molar-refractivity contribution in [1.82, 2.24) is 9.80 Å². The molecule has 0 bridgehead atoms. The first-order chi connectivity index (χ1) is 8.25. The SMILES string of the molecule is CC(C)CCN(CCN(C(C)C)C(C)C)C(C)C. The van der Waals surface area contributed by atoms with E-state index in [0.717, 1.165) is 5.92 Å². The molecule has 0 unspecified atom stereocenters. The number of hydrogen-bond donors (Lipinski definition) is 0. The van der Waals surface area contributed by atoms with E-state index in [1.54, 1.807) is 0 Å². The monoisotopic (exact) mass is 256 g/mol. The Kier molecular flexibility index (Phi) is 8.89. The third kappa shape index (κ3) is 7.38. The van der Waals surface area contributed by atoms with Crippen LogP contribution in [0.4, 0.5) is 0 Å². The van der Waals surface area contributed by atoms with Gasteiger partial charge in [-0.25, -0.2) is 0 Å². The van der Waals surface area contributed by atoms with Crippen LogP contribution in [0.1, 0.15) is 61.8 Å². The molecule has 0 aromatic carbocycles. The third-order valence-corrected chi connectivity index (χ3v) is 3.70. The van der Waals surface area contributed by atoms with Crippen LogP contribution in [0.2, 0.25) is 0 Å². The van der Waals surface area contributed by atoms with Gasteiger partial charge in [0.1, 0.15) is 0 Å². The summed E-state index contributed by atoms with van der Waals surface area (Å²) in [5.74, 6) is 0.803. The summed E-state index contributed by atoms with van der Waals surface area (Å²) in [6.07, 6.45) is 1.31. The highest BCUT2D eigenvalue weighted by Crippen LogP contribution is 2.09. The van der Waals surface area contributed by atoms with Crippen LogP contribution in [0.25, 0.3) is 0 Å². The van der Waals surface area contributed by atoms with Crippen molar-refractivity contribution in [2.45, 2.75) is 79.9 Å². The van der Waals surface area contributed by atoms with Crippen LogP contribution in [-0.4, -0.2) is 47.6 Å². The molecule has 0 amide bonds. The molecule has 18 heavy (non-hydrogen) atoms. The number of hydrogen-bond acceptors (Lipinski definition) is 2. The van der Waals surface area contributed by atoms with Gasteiger partial charge in [-0.2, -0.15) is 0 Å². The average molecular weight is 256 g/mol. The smallest absolute Gasteiger partial charge is 0.0115 e. The molecule has 0 N–H and O–H groups in total. The van der Waals surface area contributed by atoms with E-state index in [4.69, 9.17) is 0 Å². The van der Waals surface area contributed by atoms with E-state index in [1.807, 2.05) is 0 Å². The van der Waals surface area contributed by atoms with Gasteiger partial charge >= 0.3 is 0 Å². The molecule has 0 aliphatic carbocycles. The minimum atomic E-state index is 0.643. The minimum Gasteiger partial charge on any atom is -0.300 e. The Morgan fingerprint density at radius 3 is 1.44 bits per heavy atom. The van der Waals surface area contributed by atoms with Crippen LogP contribution in [0.5, 0.6) is 0 Å². The molecule has 0 saturated carbocycles. The van der Waals surface area contributed by atoms with Gasteiger partial charge in [-0.1, -0.05) is 13.8 Å². The van der Waals surface area contributed by atoms with Crippen LogP contribution in [0.15, 0.2) is 0 Å². The van der Waals surface area contributed by atoms with Gasteiger partial charge in [0.15, 0.2) is 0 Å². The van der Waals surface area contributed by atoms with Crippen molar-refractivity contribution in [3.63, 3.8) is 0 Å². The van der Waals surface area contributed by atoms with E-state index in [1.165, 1.54) is 26.1 Å². The largest absolute Gasteiger partial charge is 0.300 e. The molecule has 0 aliphatic heterocycles. The van der Waals surface area contributed by atoms with Crippen LogP contribution >= 0.6 is 0 Å². The van der Waals surface area contributed by atoms with Crippen LogP contribution < -0.4 is 0 Å². The molecular formula is C16H36N2. The minimum absolute atomic E-state index is 0.643. The first kappa shape index (κ1) is 17.9. The van der Waals surface area contributed by atoms with Crippen LogP contribution in [0.3, 0.4) is 0 Å². The third-order valence-electron chi connectivity index (χ3n) is 3.70. The topological polar surface area (TPSA) is 6.48 Å². The Hall–Kier alpha value is -0.0800. The Morgan fingerprint density at radius 2 is 1.11 bits per heavy atom. The molecule has 0 aromatic rings. The van der Waals surface area contributed by atoms with Crippen molar-refractivity contribution in [2.75, 3.05) is 19.6 Å². The van der Waals surface area contributed by atoms with Crippen LogP contribution in [-0.2, 0) is 0 Å². The summed E-state index contributed by atoms with van der Waals surface area (Å²) in [6.45, 7) is 22.1. The van der Waals surface area contributed by atoms with Gasteiger partial charge in [0.2, 0.25) is 0 Å². The zero-order valence-corrected chi connectivity index (χ0v) is 14.0. The molecule has 2 heteroatoms. The van der Waals surface area contributed by atoms with Crippen LogP contribution in [0, 0.1) is 5.92 Å². The summed E-state index contributed by atoms with van der Waals surface area (Å²) in [6, 6.07) is 1.94. The predicted octanol–water partition coefficient (Wildman–Crippen LogP) is 3.86. The highest BCUT2D eigenvalue weighted by atomic mass is 15.2. The second-order valence-corrected chi connectivity index (χ2v) is 6.74. The molecule has 2 nitrogen and oxygen atoms in total. The molecule has 0 saturated heterocycles. The quantitative estimate of drug-likeness (QED) is 0.618. The summed E-state index contributed by atoms with van der Waals surface area (Å²) in [4.78, 5) is 5.21. The fourth-order valence-corrected chi connectivity index (χ4v) is 2.41. The van der Waals surface area contributed by atoms with Gasteiger partial charge in [-0.05, 0) is 60.4 Å². The fraction of sp³-hybridized carbons (Fsp3) is 1.00. The molecule has 0 heterocycles. The number of nitrogens with zero attached hydrogens (tertiary/aromatic N) is 2. The van der Waals surface area contributed by atoms with Crippen molar-refractivity contribution in [1.29, 1.82) is 0 Å². The Morgan fingerprint density at radius 1 is 0.611 bits per heavy atom. The van der Waals surface area contributed by atoms with Crippen molar-refractivity contribution >= 4 is 0 Å². The van der Waals surface area contributed by atoms with E-state index in [9.17, 15) is 0 Å². The first-order valence-corrected chi connectivity index (χ1v) is 7.75. The van der Waals surface area contributed by atoms with E-state index < -0.39 is 0 Å². The molecule has 0 radical (unpaired) electrons. The summed E-state index contributed by atoms with van der Waals surface area (Å²) < 4.78 is 0. The van der Waals surface area contributed by atoms with Crippen molar-refractivity contribution in [3.05, 3.63) is 0 Å². The number of rotatable bonds is 9. The summed E-state index contributed by atoms with van der Waals surface area (Å²) in [5, 5.41) is 0. The zero-order chi connectivity index (χ0) is 14.3. The molecule has 0 fully saturated rings. The first-order valence-electron chi connectivity index (χ1n) is 7.75. The average Bonchev–Trinajstić information content (AvgIpc) is 2.20. The maximum absolute atomic E-state index is 2.62. The van der Waals surface area contributed by atoms with Crippen molar-refractivity contribution < 1.29 is 0 Å². The fourth-order valence-electron chi connectivity index (χ4n) is 2.41. The molecule has 0 atom stereocenters. The Bertz CT molecular complexity index is 189. The van der Waals surface area contributed by atoms with Crippen molar-refractivity contribution in [3.8, 4) is 0 Å². The lowest BCUT2D eigenvalue weighted by Crippen LogP contribution is -2.44. The van der Waals surface area contributed by atoms with E-state index in [-0.39, 0.29) is 0 Å². The summed E-state index contributed by atoms with van der Waals surface area (Å²) >= 11 is 0. The van der Waals surface area contributed by atoms with E-state index in [2.05, 4.69) is 65.2 Å². The lowest BCUT2D eigenvalue weighted by atomic mass is 10.1. The summed E-state index contributed by atoms with van der Waals surface area (Å²) in [7, 11) is 0. The van der Waals surface area contributed by atoms with Gasteiger partial charge in [0.25, 0.3) is 0 Å². The molecule has 0 rings (SSSR count). The van der Waals surface area contributed by atoms with Gasteiger partial charge in [-0.15, -0.1) is 0 Å². The molecule has 0 aliphatic rings. The lowest BCUT2D eigenvalue weighted by Gasteiger charge is -2.34. The van der Waals surface area contributed by atoms with Gasteiger partial charge in [-0.3, -0.25) is 9.80 Å². The highest BCUT2D eigenvalue weighted by molar-refractivity contribution is 4.71. The van der Waals surface area contributed by atoms with Gasteiger partial charge in [0.05, 0.1) is 0 Å². The second-order valence-electron chi connectivity index (χ2n) is 6.74. The Labute approximate surface area is 116 Å². The maximum atomic E-state index is 2.62. The standard InChI is InChI=1S/C16H36N2/c1-13(2)9-10-17(14(3)4)11-12-18(15(5)6)16(7)8/h13-16H,9-12H2,1-8H3. The molecule has 0 aromatic heterocycles. The maximum Gasteiger partial charge on any atom is 0.0115 e. The molecule has 110 valence electrons. The molecule has 0 spiro atoms. The molecular weight excluding hydrogens is 220 g/mol. The second kappa shape index (κ2) is 8.92. The van der Waals surface area contributed by atoms with E-state index in [0.29, 0.717) is 18.1 Å². The van der Waals surface area contributed by atoms with Gasteiger partial charge < -0.3 is 0 Å². The normalized spacial score (nSPS) is 13.0. The van der Waals surface area contributed by atoms with Crippen molar-refractivity contribution in [2.24, 2.45) is 5.92 Å². The van der Waals surface area contributed by atoms with E-state index >= 15 is 0 Å². The zero-order valence-electron chi connectivity index (χ0n) is 14.0. The Balaban J connectivity index is 4.24. The lowest BCUT2D eigenvalue weighted by molar-refractivity contribution is 0.126.